The highest BCUT2D eigenvalue weighted by Crippen LogP contribution is 2.19. The summed E-state index contributed by atoms with van der Waals surface area (Å²) in [4.78, 5) is 0. The molecule has 0 aliphatic carbocycles. The summed E-state index contributed by atoms with van der Waals surface area (Å²) in [5.74, 6) is -5.77. The van der Waals surface area contributed by atoms with Crippen LogP contribution in [-0.4, -0.2) is 0 Å². The molecule has 0 amide bonds. The van der Waals surface area contributed by atoms with E-state index in [2.05, 4.69) is 6.58 Å². The van der Waals surface area contributed by atoms with Crippen molar-refractivity contribution in [3.8, 4) is 0 Å². The van der Waals surface area contributed by atoms with Crippen molar-refractivity contribution in [1.29, 1.82) is 0 Å². The summed E-state index contributed by atoms with van der Waals surface area (Å²) in [7, 11) is 0. The lowest BCUT2D eigenvalue weighted by Gasteiger charge is -2.03. The lowest BCUT2D eigenvalue weighted by molar-refractivity contribution is 0.427. The first-order valence-corrected chi connectivity index (χ1v) is 3.50. The minimum Gasteiger partial charge on any atom is -0.206 e. The molecule has 13 heavy (non-hydrogen) atoms. The van der Waals surface area contributed by atoms with Gasteiger partial charge < -0.3 is 0 Å². The Labute approximate surface area is 72.5 Å². The highest BCUT2D eigenvalue weighted by molar-refractivity contribution is 5.24. The summed E-state index contributed by atoms with van der Waals surface area (Å²) in [5.41, 5.74) is -0.506. The Morgan fingerprint density at radius 2 is 1.69 bits per heavy atom. The highest BCUT2D eigenvalue weighted by Gasteiger charge is 2.17. The maximum absolute atomic E-state index is 12.8. The Morgan fingerprint density at radius 3 is 2.23 bits per heavy atom. The SMILES string of the molecule is C=CCc1c(F)cc(F)c(F)c1F. The molecule has 0 N–H and O–H groups in total. The van der Waals surface area contributed by atoms with Crippen molar-refractivity contribution in [3.05, 3.63) is 47.6 Å². The summed E-state index contributed by atoms with van der Waals surface area (Å²) in [6.07, 6.45) is 1.04. The van der Waals surface area contributed by atoms with Crippen LogP contribution >= 0.6 is 0 Å². The van der Waals surface area contributed by atoms with Crippen molar-refractivity contribution in [3.63, 3.8) is 0 Å². The average Bonchev–Trinajstić information content (AvgIpc) is 2.09. The van der Waals surface area contributed by atoms with Gasteiger partial charge in [0, 0.05) is 11.6 Å². The van der Waals surface area contributed by atoms with Gasteiger partial charge in [-0.2, -0.15) is 0 Å². The van der Waals surface area contributed by atoms with Crippen LogP contribution in [0.2, 0.25) is 0 Å². The Bertz CT molecular complexity index is 344. The summed E-state index contributed by atoms with van der Waals surface area (Å²) >= 11 is 0. The Kier molecular flexibility index (Phi) is 2.70. The Morgan fingerprint density at radius 1 is 1.08 bits per heavy atom. The van der Waals surface area contributed by atoms with Crippen LogP contribution in [0.25, 0.3) is 0 Å². The monoisotopic (exact) mass is 190 g/mol. The van der Waals surface area contributed by atoms with Gasteiger partial charge in [0.2, 0.25) is 0 Å². The summed E-state index contributed by atoms with van der Waals surface area (Å²) < 4.78 is 50.5. The zero-order valence-electron chi connectivity index (χ0n) is 6.58. The molecular formula is C9H6F4. The van der Waals surface area contributed by atoms with Crippen LogP contribution in [0.4, 0.5) is 17.6 Å². The molecule has 0 nitrogen and oxygen atoms in total. The van der Waals surface area contributed by atoms with Gasteiger partial charge in [0.05, 0.1) is 0 Å². The molecule has 0 bridgehead atoms. The standard InChI is InChI=1S/C9H6F4/c1-2-3-5-6(10)4-7(11)9(13)8(5)12/h2,4H,1,3H2. The first-order chi connectivity index (χ1) is 6.07. The van der Waals surface area contributed by atoms with Crippen LogP contribution in [0.3, 0.4) is 0 Å². The van der Waals surface area contributed by atoms with E-state index < -0.39 is 28.8 Å². The van der Waals surface area contributed by atoms with E-state index in [1.165, 1.54) is 6.08 Å². The quantitative estimate of drug-likeness (QED) is 0.291. The molecule has 1 aromatic rings. The van der Waals surface area contributed by atoms with Crippen LogP contribution < -0.4 is 0 Å². The summed E-state index contributed by atoms with van der Waals surface area (Å²) in [6, 6.07) is 0.317. The van der Waals surface area contributed by atoms with E-state index in [0.717, 1.165) is 0 Å². The number of rotatable bonds is 2. The third kappa shape index (κ3) is 1.71. The predicted molar refractivity (Wildman–Crippen MR) is 40.2 cm³/mol. The second kappa shape index (κ2) is 3.60. The predicted octanol–water partition coefficient (Wildman–Crippen LogP) is 2.97. The van der Waals surface area contributed by atoms with E-state index in [1.54, 1.807) is 0 Å². The molecule has 0 fully saturated rings. The number of benzene rings is 1. The zero-order chi connectivity index (χ0) is 10.0. The van der Waals surface area contributed by atoms with E-state index in [9.17, 15) is 17.6 Å². The van der Waals surface area contributed by atoms with Gasteiger partial charge in [-0.15, -0.1) is 6.58 Å². The third-order valence-corrected chi connectivity index (χ3v) is 1.56. The highest BCUT2D eigenvalue weighted by atomic mass is 19.2. The molecule has 0 heterocycles. The molecule has 0 saturated carbocycles. The van der Waals surface area contributed by atoms with Crippen LogP contribution in [0, 0.1) is 23.3 Å². The van der Waals surface area contributed by atoms with Gasteiger partial charge in [-0.1, -0.05) is 6.08 Å². The van der Waals surface area contributed by atoms with Gasteiger partial charge in [0.25, 0.3) is 0 Å². The maximum atomic E-state index is 12.8. The molecule has 0 saturated heterocycles. The molecule has 0 aliphatic heterocycles. The average molecular weight is 190 g/mol. The maximum Gasteiger partial charge on any atom is 0.194 e. The molecule has 0 aliphatic rings. The van der Waals surface area contributed by atoms with E-state index >= 15 is 0 Å². The van der Waals surface area contributed by atoms with Crippen LogP contribution in [0.1, 0.15) is 5.56 Å². The van der Waals surface area contributed by atoms with E-state index in [-0.39, 0.29) is 6.42 Å². The van der Waals surface area contributed by atoms with Crippen LogP contribution in [-0.2, 0) is 6.42 Å². The smallest absolute Gasteiger partial charge is 0.194 e. The minimum atomic E-state index is -1.65. The van der Waals surface area contributed by atoms with E-state index in [4.69, 9.17) is 0 Å². The topological polar surface area (TPSA) is 0 Å². The van der Waals surface area contributed by atoms with Gasteiger partial charge in [-0.05, 0) is 6.42 Å². The minimum absolute atomic E-state index is 0.172. The lowest BCUT2D eigenvalue weighted by Crippen LogP contribution is -2.01. The van der Waals surface area contributed by atoms with E-state index in [0.29, 0.717) is 6.07 Å². The molecule has 0 atom stereocenters. The second-order valence-corrected chi connectivity index (χ2v) is 2.44. The molecule has 0 unspecified atom stereocenters. The molecular weight excluding hydrogens is 184 g/mol. The van der Waals surface area contributed by atoms with Crippen LogP contribution in [0.5, 0.6) is 0 Å². The third-order valence-electron chi connectivity index (χ3n) is 1.56. The molecule has 70 valence electrons. The van der Waals surface area contributed by atoms with E-state index in [1.807, 2.05) is 0 Å². The fraction of sp³-hybridized carbons (Fsp3) is 0.111. The fourth-order valence-electron chi connectivity index (χ4n) is 0.935. The Balaban J connectivity index is 3.34. The largest absolute Gasteiger partial charge is 0.206 e. The Hall–Kier alpha value is -1.32. The first-order valence-electron chi connectivity index (χ1n) is 3.50. The molecule has 0 radical (unpaired) electrons. The van der Waals surface area contributed by atoms with Gasteiger partial charge in [-0.25, -0.2) is 17.6 Å². The van der Waals surface area contributed by atoms with Gasteiger partial charge >= 0.3 is 0 Å². The van der Waals surface area contributed by atoms with Crippen molar-refractivity contribution in [2.24, 2.45) is 0 Å². The van der Waals surface area contributed by atoms with Gasteiger partial charge in [0.15, 0.2) is 17.5 Å². The number of halogens is 4. The zero-order valence-corrected chi connectivity index (χ0v) is 6.58. The van der Waals surface area contributed by atoms with Crippen molar-refractivity contribution >= 4 is 0 Å². The second-order valence-electron chi connectivity index (χ2n) is 2.44. The van der Waals surface area contributed by atoms with Crippen molar-refractivity contribution < 1.29 is 17.6 Å². The summed E-state index contributed by atoms with van der Waals surface area (Å²) in [5, 5.41) is 0. The van der Waals surface area contributed by atoms with Crippen LogP contribution in [0.15, 0.2) is 18.7 Å². The van der Waals surface area contributed by atoms with Crippen molar-refractivity contribution in [2.75, 3.05) is 0 Å². The molecule has 1 aromatic carbocycles. The number of hydrogen-bond donors (Lipinski definition) is 0. The normalized spacial score (nSPS) is 10.2. The van der Waals surface area contributed by atoms with Crippen molar-refractivity contribution in [1.82, 2.24) is 0 Å². The van der Waals surface area contributed by atoms with Gasteiger partial charge in [0.1, 0.15) is 5.82 Å². The number of hydrogen-bond acceptors (Lipinski definition) is 0. The van der Waals surface area contributed by atoms with Gasteiger partial charge in [-0.3, -0.25) is 0 Å². The molecule has 0 spiro atoms. The fourth-order valence-corrected chi connectivity index (χ4v) is 0.935. The molecule has 0 aromatic heterocycles. The van der Waals surface area contributed by atoms with Crippen molar-refractivity contribution in [2.45, 2.75) is 6.42 Å². The summed E-state index contributed by atoms with van der Waals surface area (Å²) in [6.45, 7) is 3.24. The molecule has 1 rings (SSSR count). The number of allylic oxidation sites excluding steroid dienone is 1. The lowest BCUT2D eigenvalue weighted by atomic mass is 10.1. The molecule has 4 heteroatoms. The first kappa shape index (κ1) is 9.77.